The van der Waals surface area contributed by atoms with Crippen LogP contribution in [0.5, 0.6) is 23.0 Å². The van der Waals surface area contributed by atoms with Gasteiger partial charge < -0.3 is 18.9 Å². The van der Waals surface area contributed by atoms with E-state index >= 15 is 0 Å². The second-order valence-corrected chi connectivity index (χ2v) is 5.37. The standard InChI is InChI=1S/C19H18O5/c1-11-7-14(22-3)10-16-18(11)19(20)17(24-16)9-12-8-13(21-2)5-6-15(12)23-4/h5-10H,1-4H3/b17-9-. The molecule has 0 amide bonds. The smallest absolute Gasteiger partial charge is 0.232 e. The molecule has 0 spiro atoms. The first-order chi connectivity index (χ1) is 11.6. The van der Waals surface area contributed by atoms with Crippen molar-refractivity contribution in [3.05, 3.63) is 52.8 Å². The Morgan fingerprint density at radius 2 is 1.71 bits per heavy atom. The number of Topliss-reactive ketones (excluding diaryl/α,β-unsaturated/α-hetero) is 1. The number of ether oxygens (including phenoxy) is 4. The second-order valence-electron chi connectivity index (χ2n) is 5.37. The van der Waals surface area contributed by atoms with E-state index in [0.29, 0.717) is 34.1 Å². The summed E-state index contributed by atoms with van der Waals surface area (Å²) in [6.45, 7) is 1.86. The fraction of sp³-hybridized carbons (Fsp3) is 0.211. The average molecular weight is 326 g/mol. The zero-order chi connectivity index (χ0) is 17.3. The Morgan fingerprint density at radius 1 is 0.958 bits per heavy atom. The van der Waals surface area contributed by atoms with Crippen molar-refractivity contribution in [2.75, 3.05) is 21.3 Å². The van der Waals surface area contributed by atoms with E-state index in [-0.39, 0.29) is 11.5 Å². The molecule has 124 valence electrons. The summed E-state index contributed by atoms with van der Waals surface area (Å²) >= 11 is 0. The van der Waals surface area contributed by atoms with E-state index in [1.165, 1.54) is 0 Å². The Morgan fingerprint density at radius 3 is 2.38 bits per heavy atom. The van der Waals surface area contributed by atoms with E-state index < -0.39 is 0 Å². The lowest BCUT2D eigenvalue weighted by Gasteiger charge is -2.08. The molecule has 24 heavy (non-hydrogen) atoms. The fourth-order valence-electron chi connectivity index (χ4n) is 2.69. The average Bonchev–Trinajstić information content (AvgIpc) is 2.90. The molecular formula is C19H18O5. The van der Waals surface area contributed by atoms with Gasteiger partial charge in [-0.3, -0.25) is 4.79 Å². The molecule has 3 rings (SSSR count). The van der Waals surface area contributed by atoms with Crippen LogP contribution in [-0.4, -0.2) is 27.1 Å². The summed E-state index contributed by atoms with van der Waals surface area (Å²) in [5.41, 5.74) is 2.08. The summed E-state index contributed by atoms with van der Waals surface area (Å²) < 4.78 is 21.6. The first-order valence-corrected chi connectivity index (χ1v) is 7.42. The van der Waals surface area contributed by atoms with Crippen molar-refractivity contribution >= 4 is 11.9 Å². The lowest BCUT2D eigenvalue weighted by atomic mass is 10.0. The van der Waals surface area contributed by atoms with Crippen molar-refractivity contribution in [1.29, 1.82) is 0 Å². The molecule has 5 heteroatoms. The number of methoxy groups -OCH3 is 3. The number of carbonyl (C=O) groups excluding carboxylic acids is 1. The van der Waals surface area contributed by atoms with E-state index in [1.807, 2.05) is 13.0 Å². The lowest BCUT2D eigenvalue weighted by molar-refractivity contribution is 0.101. The number of allylic oxidation sites excluding steroid dienone is 1. The molecule has 0 atom stereocenters. The highest BCUT2D eigenvalue weighted by molar-refractivity contribution is 6.15. The van der Waals surface area contributed by atoms with Gasteiger partial charge in [-0.15, -0.1) is 0 Å². The first-order valence-electron chi connectivity index (χ1n) is 7.42. The number of benzene rings is 2. The minimum absolute atomic E-state index is 0.157. The molecule has 0 aromatic heterocycles. The summed E-state index contributed by atoms with van der Waals surface area (Å²) in [4.78, 5) is 12.7. The molecule has 1 aliphatic heterocycles. The van der Waals surface area contributed by atoms with Crippen molar-refractivity contribution < 1.29 is 23.7 Å². The summed E-state index contributed by atoms with van der Waals surface area (Å²) in [6, 6.07) is 8.89. The van der Waals surface area contributed by atoms with Gasteiger partial charge in [0.15, 0.2) is 5.76 Å². The van der Waals surface area contributed by atoms with Crippen LogP contribution in [0.1, 0.15) is 21.5 Å². The number of rotatable bonds is 4. The monoisotopic (exact) mass is 326 g/mol. The van der Waals surface area contributed by atoms with Crippen molar-refractivity contribution in [3.8, 4) is 23.0 Å². The molecule has 1 aliphatic rings. The van der Waals surface area contributed by atoms with Crippen molar-refractivity contribution in [2.45, 2.75) is 6.92 Å². The van der Waals surface area contributed by atoms with Crippen LogP contribution in [0.15, 0.2) is 36.1 Å². The molecule has 0 bridgehead atoms. The summed E-state index contributed by atoms with van der Waals surface area (Å²) in [6.07, 6.45) is 1.66. The van der Waals surface area contributed by atoms with Gasteiger partial charge in [-0.25, -0.2) is 0 Å². The van der Waals surface area contributed by atoms with E-state index in [4.69, 9.17) is 18.9 Å². The quantitative estimate of drug-likeness (QED) is 0.803. The van der Waals surface area contributed by atoms with E-state index in [1.54, 1.807) is 51.7 Å². The molecule has 2 aromatic carbocycles. The number of hydrogen-bond donors (Lipinski definition) is 0. The summed E-state index contributed by atoms with van der Waals surface area (Å²) in [7, 11) is 4.74. The van der Waals surface area contributed by atoms with E-state index in [9.17, 15) is 4.79 Å². The van der Waals surface area contributed by atoms with E-state index in [2.05, 4.69) is 0 Å². The number of fused-ring (bicyclic) bond motifs is 1. The third-order valence-electron chi connectivity index (χ3n) is 3.90. The largest absolute Gasteiger partial charge is 0.497 e. The molecule has 0 aliphatic carbocycles. The van der Waals surface area contributed by atoms with Gasteiger partial charge >= 0.3 is 0 Å². The van der Waals surface area contributed by atoms with Crippen LogP contribution in [0, 0.1) is 6.92 Å². The number of ketones is 1. The van der Waals surface area contributed by atoms with Gasteiger partial charge in [0.1, 0.15) is 23.0 Å². The van der Waals surface area contributed by atoms with Crippen LogP contribution in [0.3, 0.4) is 0 Å². The van der Waals surface area contributed by atoms with Gasteiger partial charge in [-0.05, 0) is 42.8 Å². The van der Waals surface area contributed by atoms with Crippen LogP contribution in [0.4, 0.5) is 0 Å². The van der Waals surface area contributed by atoms with Gasteiger partial charge in [0, 0.05) is 11.6 Å². The Hall–Kier alpha value is -2.95. The molecular weight excluding hydrogens is 308 g/mol. The Balaban J connectivity index is 2.04. The predicted octanol–water partition coefficient (Wildman–Crippen LogP) is 3.64. The second kappa shape index (κ2) is 6.28. The molecule has 5 nitrogen and oxygen atoms in total. The van der Waals surface area contributed by atoms with E-state index in [0.717, 1.165) is 5.56 Å². The molecule has 0 saturated carbocycles. The van der Waals surface area contributed by atoms with Gasteiger partial charge in [0.2, 0.25) is 5.78 Å². The fourth-order valence-corrected chi connectivity index (χ4v) is 2.69. The molecule has 0 saturated heterocycles. The normalized spacial score (nSPS) is 14.3. The maximum atomic E-state index is 12.7. The SMILES string of the molecule is COc1ccc(OC)c(/C=C2\Oc3cc(OC)cc(C)c3C2=O)c1. The zero-order valence-corrected chi connectivity index (χ0v) is 14.0. The summed E-state index contributed by atoms with van der Waals surface area (Å²) in [5, 5.41) is 0. The van der Waals surface area contributed by atoms with Crippen molar-refractivity contribution in [2.24, 2.45) is 0 Å². The third kappa shape index (κ3) is 2.69. The number of carbonyl (C=O) groups is 1. The number of hydrogen-bond acceptors (Lipinski definition) is 5. The molecule has 0 radical (unpaired) electrons. The van der Waals surface area contributed by atoms with Crippen molar-refractivity contribution in [1.82, 2.24) is 0 Å². The van der Waals surface area contributed by atoms with Gasteiger partial charge in [0.25, 0.3) is 0 Å². The minimum atomic E-state index is -0.157. The van der Waals surface area contributed by atoms with Gasteiger partial charge in [-0.1, -0.05) is 0 Å². The van der Waals surface area contributed by atoms with Crippen molar-refractivity contribution in [3.63, 3.8) is 0 Å². The molecule has 0 fully saturated rings. The molecule has 2 aromatic rings. The summed E-state index contributed by atoms with van der Waals surface area (Å²) in [5.74, 6) is 2.54. The zero-order valence-electron chi connectivity index (χ0n) is 14.0. The topological polar surface area (TPSA) is 54.0 Å². The Kier molecular flexibility index (Phi) is 4.16. The maximum Gasteiger partial charge on any atom is 0.232 e. The lowest BCUT2D eigenvalue weighted by Crippen LogP contribution is -2.00. The highest BCUT2D eigenvalue weighted by atomic mass is 16.5. The van der Waals surface area contributed by atoms with Crippen LogP contribution in [0.2, 0.25) is 0 Å². The highest BCUT2D eigenvalue weighted by Gasteiger charge is 2.30. The van der Waals surface area contributed by atoms with Gasteiger partial charge in [-0.2, -0.15) is 0 Å². The van der Waals surface area contributed by atoms with Crippen LogP contribution in [0.25, 0.3) is 6.08 Å². The number of aryl methyl sites for hydroxylation is 1. The van der Waals surface area contributed by atoms with Crippen LogP contribution < -0.4 is 18.9 Å². The molecule has 0 N–H and O–H groups in total. The predicted molar refractivity (Wildman–Crippen MR) is 90.2 cm³/mol. The van der Waals surface area contributed by atoms with Gasteiger partial charge in [0.05, 0.1) is 26.9 Å². The van der Waals surface area contributed by atoms with Crippen LogP contribution >= 0.6 is 0 Å². The third-order valence-corrected chi connectivity index (χ3v) is 3.90. The van der Waals surface area contributed by atoms with Crippen LogP contribution in [-0.2, 0) is 0 Å². The minimum Gasteiger partial charge on any atom is -0.497 e. The first kappa shape index (κ1) is 15.9. The molecule has 1 heterocycles. The Bertz CT molecular complexity index is 836. The molecule has 0 unspecified atom stereocenters. The Labute approximate surface area is 140 Å². The maximum absolute atomic E-state index is 12.7. The highest BCUT2D eigenvalue weighted by Crippen LogP contribution is 2.38.